The van der Waals surface area contributed by atoms with Gasteiger partial charge in [0.15, 0.2) is 5.78 Å². The highest BCUT2D eigenvalue weighted by Crippen LogP contribution is 2.36. The molecule has 0 unspecified atom stereocenters. The van der Waals surface area contributed by atoms with Gasteiger partial charge in [-0.3, -0.25) is 10.2 Å². The van der Waals surface area contributed by atoms with Crippen molar-refractivity contribution < 1.29 is 9.53 Å². The number of carbonyl (C=O) groups is 1. The summed E-state index contributed by atoms with van der Waals surface area (Å²) in [5, 5.41) is 17.6. The van der Waals surface area contributed by atoms with E-state index in [1.807, 2.05) is 50.9 Å². The Balaban J connectivity index is 1.60. The number of hydrogen-bond acceptors (Lipinski definition) is 6. The Kier molecular flexibility index (Phi) is 5.43. The summed E-state index contributed by atoms with van der Waals surface area (Å²) in [4.78, 5) is 25.4. The third-order valence-corrected chi connectivity index (χ3v) is 5.58. The Bertz CT molecular complexity index is 1170. The maximum absolute atomic E-state index is 13.1. The lowest BCUT2D eigenvalue weighted by Gasteiger charge is -2.36. The van der Waals surface area contributed by atoms with Crippen molar-refractivity contribution in [1.29, 1.82) is 10.7 Å². The lowest BCUT2D eigenvalue weighted by atomic mass is 9.93. The minimum Gasteiger partial charge on any atom is -0.490 e. The fourth-order valence-electron chi connectivity index (χ4n) is 4.04. The van der Waals surface area contributed by atoms with Crippen LogP contribution in [0.3, 0.4) is 0 Å². The van der Waals surface area contributed by atoms with Gasteiger partial charge >= 0.3 is 0 Å². The summed E-state index contributed by atoms with van der Waals surface area (Å²) >= 11 is 0. The van der Waals surface area contributed by atoms with E-state index < -0.39 is 0 Å². The van der Waals surface area contributed by atoms with E-state index in [2.05, 4.69) is 9.98 Å². The molecule has 32 heavy (non-hydrogen) atoms. The predicted molar refractivity (Wildman–Crippen MR) is 122 cm³/mol. The van der Waals surface area contributed by atoms with Gasteiger partial charge in [0.05, 0.1) is 18.8 Å². The average molecular weight is 431 g/mol. The molecule has 1 aromatic carbocycles. The van der Waals surface area contributed by atoms with E-state index in [-0.39, 0.29) is 23.6 Å². The number of ketones is 1. The summed E-state index contributed by atoms with van der Waals surface area (Å²) in [6.07, 6.45) is 1.91. The van der Waals surface area contributed by atoms with Crippen molar-refractivity contribution >= 4 is 23.1 Å². The number of hydrogen-bond donors (Lipinski definition) is 1. The molecule has 0 spiro atoms. The van der Waals surface area contributed by atoms with Gasteiger partial charge in [0, 0.05) is 28.8 Å². The molecule has 164 valence electrons. The number of aromatic nitrogens is 1. The van der Waals surface area contributed by atoms with Crippen LogP contribution in [0.1, 0.15) is 48.1 Å². The van der Waals surface area contributed by atoms with Crippen LogP contribution in [0, 0.1) is 29.2 Å². The van der Waals surface area contributed by atoms with E-state index in [9.17, 15) is 10.1 Å². The Morgan fingerprint density at radius 3 is 2.81 bits per heavy atom. The molecule has 2 aliphatic rings. The molecular formula is C24H26N6O2. The minimum atomic E-state index is -0.355. The molecule has 0 aliphatic carbocycles. The lowest BCUT2D eigenvalue weighted by molar-refractivity contribution is 0.0962. The van der Waals surface area contributed by atoms with Crippen LogP contribution in [0.2, 0.25) is 0 Å². The maximum atomic E-state index is 13.1. The van der Waals surface area contributed by atoms with Gasteiger partial charge in [0.25, 0.3) is 0 Å². The lowest BCUT2D eigenvalue weighted by Crippen LogP contribution is -2.44. The molecule has 2 aliphatic heterocycles. The number of pyridine rings is 1. The van der Waals surface area contributed by atoms with Gasteiger partial charge < -0.3 is 14.5 Å². The fraction of sp³-hybridized carbons (Fsp3) is 0.375. The number of ether oxygens (including phenoxy) is 1. The van der Waals surface area contributed by atoms with Gasteiger partial charge in [0.2, 0.25) is 6.19 Å². The van der Waals surface area contributed by atoms with Gasteiger partial charge in [-0.05, 0) is 31.2 Å². The van der Waals surface area contributed by atoms with E-state index in [0.717, 1.165) is 16.9 Å². The van der Waals surface area contributed by atoms with Crippen LogP contribution >= 0.6 is 0 Å². The smallest absolute Gasteiger partial charge is 0.207 e. The number of aliphatic imine (C=N–C) groups is 1. The number of nitrogens with zero attached hydrogens (tertiary/aromatic N) is 5. The molecule has 0 amide bonds. The fourth-order valence-corrected chi connectivity index (χ4v) is 4.04. The van der Waals surface area contributed by atoms with Gasteiger partial charge in [-0.15, -0.1) is 0 Å². The molecule has 8 nitrogen and oxygen atoms in total. The van der Waals surface area contributed by atoms with Crippen molar-refractivity contribution in [2.75, 3.05) is 24.6 Å². The predicted octanol–water partition coefficient (Wildman–Crippen LogP) is 3.54. The van der Waals surface area contributed by atoms with E-state index in [1.165, 1.54) is 0 Å². The molecule has 1 aromatic heterocycles. The van der Waals surface area contributed by atoms with Crippen molar-refractivity contribution in [2.24, 2.45) is 10.4 Å². The molecule has 0 fully saturated rings. The zero-order chi connectivity index (χ0) is 23.0. The first kappa shape index (κ1) is 21.5. The quantitative estimate of drug-likeness (QED) is 0.346. The van der Waals surface area contributed by atoms with Gasteiger partial charge in [0.1, 0.15) is 29.7 Å². The largest absolute Gasteiger partial charge is 0.490 e. The van der Waals surface area contributed by atoms with Crippen molar-refractivity contribution in [3.05, 3.63) is 52.8 Å². The molecule has 4 rings (SSSR count). The zero-order valence-electron chi connectivity index (χ0n) is 18.8. The molecule has 2 aromatic rings. The highest BCUT2D eigenvalue weighted by molar-refractivity contribution is 6.07. The number of nitrogens with one attached hydrogen (secondary N) is 1. The summed E-state index contributed by atoms with van der Waals surface area (Å²) in [6, 6.07) is 9.22. The number of rotatable bonds is 3. The van der Waals surface area contributed by atoms with Crippen molar-refractivity contribution in [2.45, 2.75) is 34.2 Å². The van der Waals surface area contributed by atoms with Crippen molar-refractivity contribution in [1.82, 2.24) is 9.88 Å². The van der Waals surface area contributed by atoms with Crippen molar-refractivity contribution in [3.8, 4) is 11.9 Å². The number of carbonyl (C=O) groups excluding carboxylic acids is 1. The van der Waals surface area contributed by atoms with Crippen LogP contribution in [-0.2, 0) is 6.54 Å². The van der Waals surface area contributed by atoms with Crippen LogP contribution in [0.15, 0.2) is 35.3 Å². The Hall–Kier alpha value is -3.73. The van der Waals surface area contributed by atoms with Gasteiger partial charge in [-0.1, -0.05) is 26.8 Å². The van der Waals surface area contributed by atoms with Crippen LogP contribution in [0.5, 0.6) is 5.75 Å². The second-order valence-corrected chi connectivity index (χ2v) is 9.06. The van der Waals surface area contributed by atoms with Crippen LogP contribution in [0.4, 0.5) is 5.69 Å². The van der Waals surface area contributed by atoms with Crippen LogP contribution < -0.4 is 9.64 Å². The van der Waals surface area contributed by atoms with Gasteiger partial charge in [-0.25, -0.2) is 4.98 Å². The number of amidine groups is 2. The molecule has 8 heteroatoms. The molecule has 0 saturated carbocycles. The number of aryl methyl sites for hydroxylation is 1. The minimum absolute atomic E-state index is 0.0896. The molecule has 1 N–H and O–H groups in total. The second kappa shape index (κ2) is 8.08. The molecule has 0 radical (unpaired) electrons. The highest BCUT2D eigenvalue weighted by atomic mass is 16.5. The summed E-state index contributed by atoms with van der Waals surface area (Å²) in [7, 11) is 0. The third kappa shape index (κ3) is 3.94. The molecule has 3 heterocycles. The summed E-state index contributed by atoms with van der Waals surface area (Å²) in [5.41, 5.74) is 3.35. The standard InChI is InChI=1S/C24H26N6O2/c1-15-5-6-17-12-29(22(26)21(17)28-15)13-19(31)16-7-8-20-18(11-16)30(9-10-32-20)23(27-14-25)24(2,3)4/h5-8,11,26H,9-10,12-13H2,1-4H3. The highest BCUT2D eigenvalue weighted by Gasteiger charge is 2.32. The summed E-state index contributed by atoms with van der Waals surface area (Å²) in [6.45, 7) is 9.49. The monoisotopic (exact) mass is 430 g/mol. The summed E-state index contributed by atoms with van der Waals surface area (Å²) < 4.78 is 5.79. The first-order valence-corrected chi connectivity index (χ1v) is 10.5. The Labute approximate surface area is 187 Å². The average Bonchev–Trinajstić information content (AvgIpc) is 3.05. The maximum Gasteiger partial charge on any atom is 0.207 e. The third-order valence-electron chi connectivity index (χ3n) is 5.58. The van der Waals surface area contributed by atoms with E-state index in [0.29, 0.717) is 42.5 Å². The topological polar surface area (TPSA) is 106 Å². The SMILES string of the molecule is Cc1ccc2c(n1)C(=N)N(CC(=O)c1ccc3c(c1)N(C(=NC#N)C(C)(C)C)CCO3)C2. The second-order valence-electron chi connectivity index (χ2n) is 9.06. The van der Waals surface area contributed by atoms with Gasteiger partial charge in [-0.2, -0.15) is 10.3 Å². The summed E-state index contributed by atoms with van der Waals surface area (Å²) in [5.74, 6) is 1.47. The molecule has 0 bridgehead atoms. The number of Topliss-reactive ketones (excluding diaryl/α,β-unsaturated/α-hetero) is 1. The number of nitriles is 1. The van der Waals surface area contributed by atoms with Crippen LogP contribution in [0.25, 0.3) is 0 Å². The first-order valence-electron chi connectivity index (χ1n) is 10.5. The molecule has 0 atom stereocenters. The normalized spacial score (nSPS) is 15.7. The number of benzene rings is 1. The van der Waals surface area contributed by atoms with E-state index >= 15 is 0 Å². The van der Waals surface area contributed by atoms with Crippen molar-refractivity contribution in [3.63, 3.8) is 0 Å². The zero-order valence-corrected chi connectivity index (χ0v) is 18.8. The number of fused-ring (bicyclic) bond motifs is 2. The first-order chi connectivity index (χ1) is 15.2. The molecule has 0 saturated heterocycles. The number of anilines is 1. The van der Waals surface area contributed by atoms with Crippen LogP contribution in [-0.4, -0.2) is 47.0 Å². The Morgan fingerprint density at radius 2 is 2.09 bits per heavy atom. The van der Waals surface area contributed by atoms with E-state index in [4.69, 9.17) is 10.1 Å². The van der Waals surface area contributed by atoms with E-state index in [1.54, 1.807) is 23.1 Å². The molecular weight excluding hydrogens is 404 g/mol. The Morgan fingerprint density at radius 1 is 1.31 bits per heavy atom.